The fourth-order valence-corrected chi connectivity index (χ4v) is 4.77. The van der Waals surface area contributed by atoms with Crippen LogP contribution in [-0.2, 0) is 6.54 Å². The summed E-state index contributed by atoms with van der Waals surface area (Å²) in [5.74, 6) is 3.80. The zero-order chi connectivity index (χ0) is 22.9. The summed E-state index contributed by atoms with van der Waals surface area (Å²) in [5, 5.41) is 3.63. The van der Waals surface area contributed by atoms with Gasteiger partial charge in [-0.15, -0.1) is 24.0 Å². The van der Waals surface area contributed by atoms with Gasteiger partial charge in [0.2, 0.25) is 5.75 Å². The van der Waals surface area contributed by atoms with Crippen molar-refractivity contribution in [1.29, 1.82) is 0 Å². The average Bonchev–Trinajstić information content (AvgIpc) is 3.27. The van der Waals surface area contributed by atoms with E-state index in [-0.39, 0.29) is 24.0 Å². The highest BCUT2D eigenvalue weighted by atomic mass is 127. The molecule has 0 aliphatic carbocycles. The Hall–Kier alpha value is -1.46. The molecule has 0 aromatic heterocycles. The summed E-state index contributed by atoms with van der Waals surface area (Å²) in [5.41, 5.74) is 1.16. The second-order valence-corrected chi connectivity index (χ2v) is 8.68. The van der Waals surface area contributed by atoms with Crippen LogP contribution >= 0.6 is 24.0 Å². The minimum atomic E-state index is 0. The lowest BCUT2D eigenvalue weighted by molar-refractivity contribution is 0.172. The largest absolute Gasteiger partial charge is 0.493 e. The number of nitrogens with one attached hydrogen (secondary N) is 1. The highest BCUT2D eigenvalue weighted by molar-refractivity contribution is 14.0. The van der Waals surface area contributed by atoms with Crippen LogP contribution in [0, 0.1) is 5.92 Å². The Kier molecular flexibility index (Phi) is 11.8. The third-order valence-electron chi connectivity index (χ3n) is 6.47. The van der Waals surface area contributed by atoms with E-state index in [1.807, 2.05) is 19.2 Å². The van der Waals surface area contributed by atoms with Crippen LogP contribution in [0.25, 0.3) is 0 Å². The van der Waals surface area contributed by atoms with E-state index in [4.69, 9.17) is 14.2 Å². The van der Waals surface area contributed by atoms with Crippen LogP contribution in [0.3, 0.4) is 0 Å². The number of aliphatic imine (C=N–C) groups is 1. The number of nitrogens with zero attached hydrogens (tertiary/aromatic N) is 4. The number of ether oxygens (including phenoxy) is 3. The molecular weight excluding hydrogens is 533 g/mol. The van der Waals surface area contributed by atoms with Gasteiger partial charge in [-0.3, -0.25) is 9.89 Å². The summed E-state index contributed by atoms with van der Waals surface area (Å²) >= 11 is 0. The minimum Gasteiger partial charge on any atom is -0.493 e. The number of rotatable bonds is 9. The Morgan fingerprint density at radius 3 is 2.21 bits per heavy atom. The summed E-state index contributed by atoms with van der Waals surface area (Å²) in [4.78, 5) is 12.0. The van der Waals surface area contributed by atoms with Gasteiger partial charge in [0.25, 0.3) is 0 Å². The van der Waals surface area contributed by atoms with Gasteiger partial charge in [0.15, 0.2) is 17.5 Å². The number of halogens is 1. The van der Waals surface area contributed by atoms with Crippen molar-refractivity contribution in [2.75, 3.05) is 80.7 Å². The number of methoxy groups -OCH3 is 3. The molecule has 9 heteroatoms. The lowest BCUT2D eigenvalue weighted by Crippen LogP contribution is -2.52. The highest BCUT2D eigenvalue weighted by Gasteiger charge is 2.24. The van der Waals surface area contributed by atoms with E-state index in [9.17, 15) is 0 Å². The smallest absolute Gasteiger partial charge is 0.203 e. The third kappa shape index (κ3) is 7.51. The molecule has 0 amide bonds. The van der Waals surface area contributed by atoms with E-state index >= 15 is 0 Å². The van der Waals surface area contributed by atoms with E-state index in [1.165, 1.54) is 32.5 Å². The average molecular weight is 576 g/mol. The van der Waals surface area contributed by atoms with Gasteiger partial charge >= 0.3 is 0 Å². The van der Waals surface area contributed by atoms with Gasteiger partial charge in [0.1, 0.15) is 0 Å². The lowest BCUT2D eigenvalue weighted by Gasteiger charge is -2.36. The summed E-state index contributed by atoms with van der Waals surface area (Å²) < 4.78 is 16.4. The van der Waals surface area contributed by atoms with Gasteiger partial charge in [0, 0.05) is 52.9 Å². The van der Waals surface area contributed by atoms with Crippen LogP contribution < -0.4 is 19.5 Å². The van der Waals surface area contributed by atoms with Crippen LogP contribution in [-0.4, -0.2) is 101 Å². The van der Waals surface area contributed by atoms with Gasteiger partial charge in [-0.1, -0.05) is 6.92 Å². The molecule has 1 N–H and O–H groups in total. The third-order valence-corrected chi connectivity index (χ3v) is 6.47. The van der Waals surface area contributed by atoms with Gasteiger partial charge in [-0.25, -0.2) is 0 Å². The summed E-state index contributed by atoms with van der Waals surface area (Å²) in [6.07, 6.45) is 2.52. The zero-order valence-electron chi connectivity index (χ0n) is 20.9. The van der Waals surface area contributed by atoms with Crippen LogP contribution in [0.2, 0.25) is 0 Å². The Balaban J connectivity index is 0.00000385. The predicted molar refractivity (Wildman–Crippen MR) is 145 cm³/mol. The Morgan fingerprint density at radius 2 is 1.67 bits per heavy atom. The Bertz CT molecular complexity index is 731. The molecule has 1 aromatic rings. The van der Waals surface area contributed by atoms with Crippen molar-refractivity contribution < 1.29 is 14.2 Å². The standard InChI is InChI=1S/C24H41N5O3.HI/c1-6-8-27-9-7-19(17-27)16-26-24(25-2)29-12-10-28(11-13-29)18-20-14-21(30-3)23(32-5)22(15-20)31-4;/h14-15,19H,6-13,16-18H2,1-5H3,(H,25,26);1H. The molecule has 2 aliphatic heterocycles. The van der Waals surface area contributed by atoms with Crippen LogP contribution in [0.1, 0.15) is 25.3 Å². The molecule has 1 unspecified atom stereocenters. The molecule has 0 bridgehead atoms. The van der Waals surface area contributed by atoms with Crippen molar-refractivity contribution in [3.63, 3.8) is 0 Å². The first-order valence-corrected chi connectivity index (χ1v) is 11.8. The lowest BCUT2D eigenvalue weighted by atomic mass is 10.1. The quantitative estimate of drug-likeness (QED) is 0.276. The van der Waals surface area contributed by atoms with Gasteiger partial charge in [0.05, 0.1) is 21.3 Å². The van der Waals surface area contributed by atoms with Gasteiger partial charge in [-0.05, 0) is 49.5 Å². The zero-order valence-corrected chi connectivity index (χ0v) is 23.3. The molecule has 2 fully saturated rings. The summed E-state index contributed by atoms with van der Waals surface area (Å²) in [7, 11) is 6.84. The number of guanidine groups is 1. The molecule has 0 radical (unpaired) electrons. The van der Waals surface area contributed by atoms with E-state index in [0.717, 1.165) is 56.7 Å². The SMILES string of the molecule is CCCN1CCC(CNC(=NC)N2CCN(Cc3cc(OC)c(OC)c(OC)c3)CC2)C1.I. The first-order chi connectivity index (χ1) is 15.6. The number of piperazine rings is 1. The second kappa shape index (κ2) is 14.1. The molecule has 1 aromatic carbocycles. The maximum atomic E-state index is 5.50. The van der Waals surface area contributed by atoms with Gasteiger partial charge < -0.3 is 29.3 Å². The molecule has 33 heavy (non-hydrogen) atoms. The van der Waals surface area contributed by atoms with Crippen LogP contribution in [0.4, 0.5) is 0 Å². The molecule has 2 aliphatic rings. The highest BCUT2D eigenvalue weighted by Crippen LogP contribution is 2.38. The second-order valence-electron chi connectivity index (χ2n) is 8.68. The van der Waals surface area contributed by atoms with Crippen molar-refractivity contribution in [1.82, 2.24) is 20.0 Å². The summed E-state index contributed by atoms with van der Waals surface area (Å²) in [6.45, 7) is 11.7. The maximum Gasteiger partial charge on any atom is 0.203 e. The first kappa shape index (κ1) is 27.8. The molecule has 0 saturated carbocycles. The van der Waals surface area contributed by atoms with E-state index in [2.05, 4.69) is 31.9 Å². The van der Waals surface area contributed by atoms with Gasteiger partial charge in [-0.2, -0.15) is 0 Å². The normalized spacial score (nSPS) is 19.8. The fraction of sp³-hybridized carbons (Fsp3) is 0.708. The van der Waals surface area contributed by atoms with E-state index < -0.39 is 0 Å². The molecule has 8 nitrogen and oxygen atoms in total. The van der Waals surface area contributed by atoms with Crippen molar-refractivity contribution in [2.24, 2.45) is 10.9 Å². The molecule has 2 saturated heterocycles. The van der Waals surface area contributed by atoms with Crippen molar-refractivity contribution >= 4 is 29.9 Å². The first-order valence-electron chi connectivity index (χ1n) is 11.8. The number of likely N-dealkylation sites (tertiary alicyclic amines) is 1. The van der Waals surface area contributed by atoms with Crippen LogP contribution in [0.15, 0.2) is 17.1 Å². The van der Waals surface area contributed by atoms with Crippen molar-refractivity contribution in [3.05, 3.63) is 17.7 Å². The van der Waals surface area contributed by atoms with Crippen molar-refractivity contribution in [3.8, 4) is 17.2 Å². The molecule has 188 valence electrons. The predicted octanol–water partition coefficient (Wildman–Crippen LogP) is 2.76. The van der Waals surface area contributed by atoms with Crippen molar-refractivity contribution in [2.45, 2.75) is 26.3 Å². The number of hydrogen-bond acceptors (Lipinski definition) is 6. The number of hydrogen-bond donors (Lipinski definition) is 1. The molecule has 1 atom stereocenters. The Morgan fingerprint density at radius 1 is 1.00 bits per heavy atom. The minimum absolute atomic E-state index is 0. The topological polar surface area (TPSA) is 61.8 Å². The molecule has 2 heterocycles. The Labute approximate surface area is 216 Å². The van der Waals surface area contributed by atoms with E-state index in [1.54, 1.807) is 21.3 Å². The van der Waals surface area contributed by atoms with Crippen LogP contribution in [0.5, 0.6) is 17.2 Å². The monoisotopic (exact) mass is 575 g/mol. The molecule has 0 spiro atoms. The molecule has 3 rings (SSSR count). The fourth-order valence-electron chi connectivity index (χ4n) is 4.77. The maximum absolute atomic E-state index is 5.50. The summed E-state index contributed by atoms with van der Waals surface area (Å²) in [6, 6.07) is 4.08. The number of benzene rings is 1. The van der Waals surface area contributed by atoms with E-state index in [0.29, 0.717) is 17.2 Å². The molecular formula is C24H42IN5O3.